The Morgan fingerprint density at radius 3 is 0.375 bits per heavy atom. The van der Waals surface area contributed by atoms with E-state index >= 15 is 0 Å². The Morgan fingerprint density at radius 1 is 0.375 bits per heavy atom. The maximum atomic E-state index is 0. The average Bonchev–Trinajstić information content (AvgIpc) is 0. The van der Waals surface area contributed by atoms with Gasteiger partial charge in [-0.25, -0.2) is 0 Å². The molecule has 0 aliphatic rings. The Labute approximate surface area is 93.5 Å². The van der Waals surface area contributed by atoms with E-state index in [4.69, 9.17) is 0 Å². The minimum absolute atomic E-state index is 0. The molecule has 0 saturated heterocycles. The molecule has 56 valence electrons. The summed E-state index contributed by atoms with van der Waals surface area (Å²) >= 11 is 0. The number of halogens is 1. The maximum Gasteiger partial charge on any atom is 2.00 e. The van der Waals surface area contributed by atoms with Crippen LogP contribution in [-0.4, -0.2) is 70.6 Å². The number of rotatable bonds is 0. The van der Waals surface area contributed by atoms with Crippen LogP contribution >= 0.6 is 24.0 Å². The number of hydrogen-bond donors (Lipinski definition) is 0. The third-order valence-corrected chi connectivity index (χ3v) is 0. The Bertz CT molecular complexity index is 8.49. The fourth-order valence-electron chi connectivity index (χ4n) is 0. The standard InChI is InChI=1S/Ca.HI.6H2O/h;1H;6*1H2/q+2;;;;;;;. The fourth-order valence-corrected chi connectivity index (χ4v) is 0. The molecular formula is H13CaIO6+2. The fraction of sp³-hybridized carbons (Fsp3) is 0. The molecule has 0 saturated carbocycles. The molecule has 0 aromatic rings. The van der Waals surface area contributed by atoms with E-state index in [1.54, 1.807) is 0 Å². The molecule has 0 amide bonds. The van der Waals surface area contributed by atoms with Crippen LogP contribution < -0.4 is 0 Å². The van der Waals surface area contributed by atoms with Crippen molar-refractivity contribution in [3.63, 3.8) is 0 Å². The first-order valence-electron chi connectivity index (χ1n) is 0. The van der Waals surface area contributed by atoms with Gasteiger partial charge >= 0.3 is 37.7 Å². The summed E-state index contributed by atoms with van der Waals surface area (Å²) in [6, 6.07) is 0. The van der Waals surface area contributed by atoms with Crippen LogP contribution in [0.2, 0.25) is 0 Å². The predicted molar refractivity (Wildman–Crippen MR) is 42.9 cm³/mol. The van der Waals surface area contributed by atoms with E-state index in [-0.39, 0.29) is 94.6 Å². The van der Waals surface area contributed by atoms with Gasteiger partial charge < -0.3 is 32.9 Å². The van der Waals surface area contributed by atoms with Crippen molar-refractivity contribution in [2.24, 2.45) is 0 Å². The zero-order valence-corrected chi connectivity index (χ0v) is 8.65. The van der Waals surface area contributed by atoms with Crippen molar-refractivity contribution >= 4 is 61.7 Å². The van der Waals surface area contributed by atoms with Crippen LogP contribution in [0.1, 0.15) is 0 Å². The quantitative estimate of drug-likeness (QED) is 0.303. The molecule has 0 fully saturated rings. The summed E-state index contributed by atoms with van der Waals surface area (Å²) in [5.74, 6) is 0. The van der Waals surface area contributed by atoms with Gasteiger partial charge in [-0.2, -0.15) is 0 Å². The SMILES string of the molecule is I.O.O.O.O.O.O.[Ca+2]. The van der Waals surface area contributed by atoms with E-state index in [1.165, 1.54) is 0 Å². The molecule has 6 nitrogen and oxygen atoms in total. The number of hydrogen-bond acceptors (Lipinski definition) is 0. The molecule has 12 N–H and O–H groups in total. The molecule has 0 aliphatic heterocycles. The van der Waals surface area contributed by atoms with Crippen LogP contribution in [0.3, 0.4) is 0 Å². The summed E-state index contributed by atoms with van der Waals surface area (Å²) in [5, 5.41) is 0. The van der Waals surface area contributed by atoms with Gasteiger partial charge in [-0.15, -0.1) is 24.0 Å². The molecule has 0 aromatic carbocycles. The van der Waals surface area contributed by atoms with Crippen LogP contribution in [0.25, 0.3) is 0 Å². The topological polar surface area (TPSA) is 189 Å². The molecule has 8 heavy (non-hydrogen) atoms. The molecule has 8 heteroatoms. The Hall–Kier alpha value is 1.75. The van der Waals surface area contributed by atoms with Gasteiger partial charge in [-0.3, -0.25) is 0 Å². The van der Waals surface area contributed by atoms with Crippen LogP contribution in [0, 0.1) is 0 Å². The molecule has 0 radical (unpaired) electrons. The zero-order chi connectivity index (χ0) is 0. The van der Waals surface area contributed by atoms with Crippen molar-refractivity contribution in [3.8, 4) is 0 Å². The predicted octanol–water partition coefficient (Wildman–Crippen LogP) is -4.71. The van der Waals surface area contributed by atoms with E-state index in [2.05, 4.69) is 0 Å². The zero-order valence-electron chi connectivity index (χ0n) is 4.12. The molecule has 0 spiro atoms. The second-order valence-electron chi connectivity index (χ2n) is 0. The maximum absolute atomic E-state index is 0. The molecule has 0 rings (SSSR count). The molecule has 0 aliphatic carbocycles. The van der Waals surface area contributed by atoms with Gasteiger partial charge in [0.1, 0.15) is 0 Å². The molecular weight excluding hydrogens is 263 g/mol. The van der Waals surface area contributed by atoms with Gasteiger partial charge in [0, 0.05) is 0 Å². The molecule has 0 aromatic heterocycles. The van der Waals surface area contributed by atoms with Crippen LogP contribution in [0.15, 0.2) is 0 Å². The normalized spacial score (nSPS) is 0. The van der Waals surface area contributed by atoms with Crippen LogP contribution in [0.4, 0.5) is 0 Å². The first kappa shape index (κ1) is 244. The van der Waals surface area contributed by atoms with Crippen molar-refractivity contribution in [2.45, 2.75) is 0 Å². The third-order valence-electron chi connectivity index (χ3n) is 0. The van der Waals surface area contributed by atoms with Crippen molar-refractivity contribution in [1.29, 1.82) is 0 Å². The van der Waals surface area contributed by atoms with E-state index in [0.717, 1.165) is 0 Å². The Morgan fingerprint density at radius 2 is 0.375 bits per heavy atom. The third kappa shape index (κ3) is 115. The molecule has 0 bridgehead atoms. The summed E-state index contributed by atoms with van der Waals surface area (Å²) in [5.41, 5.74) is 0. The van der Waals surface area contributed by atoms with Crippen LogP contribution in [-0.2, 0) is 0 Å². The van der Waals surface area contributed by atoms with E-state index < -0.39 is 0 Å². The summed E-state index contributed by atoms with van der Waals surface area (Å²) in [6.45, 7) is 0. The van der Waals surface area contributed by atoms with Gasteiger partial charge in [0.2, 0.25) is 0 Å². The van der Waals surface area contributed by atoms with Gasteiger partial charge in [-0.1, -0.05) is 0 Å². The van der Waals surface area contributed by atoms with Crippen molar-refractivity contribution in [1.82, 2.24) is 0 Å². The Balaban J connectivity index is 0. The first-order valence-corrected chi connectivity index (χ1v) is 0. The average molecular weight is 276 g/mol. The van der Waals surface area contributed by atoms with E-state index in [0.29, 0.717) is 0 Å². The van der Waals surface area contributed by atoms with E-state index in [9.17, 15) is 0 Å². The molecule has 0 unspecified atom stereocenters. The smallest absolute Gasteiger partial charge is 0.412 e. The minimum Gasteiger partial charge on any atom is -0.412 e. The van der Waals surface area contributed by atoms with Gasteiger partial charge in [0.25, 0.3) is 0 Å². The monoisotopic (exact) mass is 276 g/mol. The van der Waals surface area contributed by atoms with Gasteiger partial charge in [0.05, 0.1) is 0 Å². The van der Waals surface area contributed by atoms with Gasteiger partial charge in [-0.05, 0) is 0 Å². The van der Waals surface area contributed by atoms with Gasteiger partial charge in [0.15, 0.2) is 0 Å². The van der Waals surface area contributed by atoms with Crippen molar-refractivity contribution < 1.29 is 32.9 Å². The summed E-state index contributed by atoms with van der Waals surface area (Å²) in [6.07, 6.45) is 0. The van der Waals surface area contributed by atoms with Crippen molar-refractivity contribution in [3.05, 3.63) is 0 Å². The van der Waals surface area contributed by atoms with Crippen molar-refractivity contribution in [2.75, 3.05) is 0 Å². The molecule has 0 heterocycles. The Kier molecular flexibility index (Phi) is 5230. The second kappa shape index (κ2) is 172. The summed E-state index contributed by atoms with van der Waals surface area (Å²) in [7, 11) is 0. The minimum atomic E-state index is 0. The van der Waals surface area contributed by atoms with E-state index in [1.807, 2.05) is 0 Å². The summed E-state index contributed by atoms with van der Waals surface area (Å²) < 4.78 is 0. The molecule has 0 atom stereocenters. The summed E-state index contributed by atoms with van der Waals surface area (Å²) in [4.78, 5) is 0. The first-order chi connectivity index (χ1) is 0. The largest absolute Gasteiger partial charge is 2.00 e. The second-order valence-corrected chi connectivity index (χ2v) is 0. The van der Waals surface area contributed by atoms with Crippen LogP contribution in [0.5, 0.6) is 0 Å².